The van der Waals surface area contributed by atoms with Crippen molar-refractivity contribution < 1.29 is 9.53 Å². The molecule has 0 amide bonds. The van der Waals surface area contributed by atoms with E-state index in [0.29, 0.717) is 12.4 Å². The molecule has 1 aromatic rings. The van der Waals surface area contributed by atoms with E-state index >= 15 is 0 Å². The van der Waals surface area contributed by atoms with Gasteiger partial charge in [0.15, 0.2) is 8.32 Å². The highest BCUT2D eigenvalue weighted by molar-refractivity contribution is 6.74. The molecule has 1 aromatic carbocycles. The molecular formula is C13H22O2Si. The molecule has 0 aliphatic rings. The van der Waals surface area contributed by atoms with Crippen LogP contribution in [0.15, 0.2) is 24.3 Å². The quantitative estimate of drug-likeness (QED) is 0.809. The van der Waals surface area contributed by atoms with Crippen LogP contribution in [0.25, 0.3) is 0 Å². The molecule has 0 atom stereocenters. The van der Waals surface area contributed by atoms with Crippen LogP contribution in [0.3, 0.4) is 0 Å². The fourth-order valence-electron chi connectivity index (χ4n) is 1.11. The average molecular weight is 238 g/mol. The Bertz CT molecular complexity index is 353. The predicted molar refractivity (Wildman–Crippen MR) is 70.1 cm³/mol. The molecule has 16 heavy (non-hydrogen) atoms. The molecule has 0 radical (unpaired) electrons. The molecule has 0 saturated carbocycles. The van der Waals surface area contributed by atoms with E-state index in [9.17, 15) is 5.11 Å². The molecule has 1 N–H and O–H groups in total. The van der Waals surface area contributed by atoms with E-state index in [0.717, 1.165) is 5.56 Å². The smallest absolute Gasteiger partial charge is 0.192 e. The summed E-state index contributed by atoms with van der Waals surface area (Å²) in [5.74, 6) is 0.321. The van der Waals surface area contributed by atoms with Crippen molar-refractivity contribution in [3.05, 3.63) is 29.8 Å². The van der Waals surface area contributed by atoms with Crippen molar-refractivity contribution in [1.82, 2.24) is 0 Å². The van der Waals surface area contributed by atoms with Crippen LogP contribution in [0.4, 0.5) is 0 Å². The Kier molecular flexibility index (Phi) is 3.81. The van der Waals surface area contributed by atoms with Gasteiger partial charge in [0.1, 0.15) is 5.75 Å². The summed E-state index contributed by atoms with van der Waals surface area (Å²) in [5, 5.41) is 9.85. The highest BCUT2D eigenvalue weighted by atomic mass is 28.4. The first kappa shape index (κ1) is 13.3. The molecule has 0 fully saturated rings. The van der Waals surface area contributed by atoms with Crippen LogP contribution in [0.5, 0.6) is 5.75 Å². The summed E-state index contributed by atoms with van der Waals surface area (Å²) < 4.78 is 6.04. The van der Waals surface area contributed by atoms with Gasteiger partial charge in [-0.15, -0.1) is 0 Å². The van der Waals surface area contributed by atoms with E-state index in [1.54, 1.807) is 6.07 Å². The Morgan fingerprint density at radius 2 is 1.75 bits per heavy atom. The van der Waals surface area contributed by atoms with Gasteiger partial charge in [-0.05, 0) is 24.2 Å². The summed E-state index contributed by atoms with van der Waals surface area (Å²) in [6.07, 6.45) is 0. The zero-order valence-corrected chi connectivity index (χ0v) is 11.9. The first-order chi connectivity index (χ1) is 7.24. The van der Waals surface area contributed by atoms with Gasteiger partial charge < -0.3 is 9.53 Å². The second kappa shape index (κ2) is 4.59. The lowest BCUT2D eigenvalue weighted by Crippen LogP contribution is -2.40. The van der Waals surface area contributed by atoms with Crippen molar-refractivity contribution in [3.63, 3.8) is 0 Å². The van der Waals surface area contributed by atoms with Gasteiger partial charge in [0.2, 0.25) is 0 Å². The predicted octanol–water partition coefficient (Wildman–Crippen LogP) is 3.91. The Hall–Kier alpha value is -0.803. The number of hydrogen-bond acceptors (Lipinski definition) is 2. The Morgan fingerprint density at radius 3 is 2.25 bits per heavy atom. The van der Waals surface area contributed by atoms with E-state index in [4.69, 9.17) is 4.43 Å². The number of hydrogen-bond donors (Lipinski definition) is 1. The lowest BCUT2D eigenvalue weighted by Gasteiger charge is -2.36. The Balaban J connectivity index is 2.69. The molecule has 3 heteroatoms. The Labute approximate surface area is 99.4 Å². The maximum atomic E-state index is 9.65. The first-order valence-electron chi connectivity index (χ1n) is 5.65. The minimum absolute atomic E-state index is 0.206. The third-order valence-corrected chi connectivity index (χ3v) is 7.86. The molecule has 0 aliphatic carbocycles. The SMILES string of the molecule is CC(C)(C)[Si](C)(C)OCc1ccccc1O. The van der Waals surface area contributed by atoms with Crippen molar-refractivity contribution in [2.24, 2.45) is 0 Å². The van der Waals surface area contributed by atoms with Gasteiger partial charge >= 0.3 is 0 Å². The van der Waals surface area contributed by atoms with Crippen LogP contribution in [-0.4, -0.2) is 13.4 Å². The summed E-state index contributed by atoms with van der Waals surface area (Å²) >= 11 is 0. The zero-order chi connectivity index (χ0) is 12.4. The van der Waals surface area contributed by atoms with Crippen molar-refractivity contribution >= 4 is 8.32 Å². The molecule has 0 spiro atoms. The average Bonchev–Trinajstić information content (AvgIpc) is 2.15. The molecule has 90 valence electrons. The second-order valence-corrected chi connectivity index (χ2v) is 10.5. The van der Waals surface area contributed by atoms with E-state index in [2.05, 4.69) is 33.9 Å². The summed E-state index contributed by atoms with van der Waals surface area (Å²) in [6, 6.07) is 7.35. The fourth-order valence-corrected chi connectivity index (χ4v) is 2.06. The molecular weight excluding hydrogens is 216 g/mol. The van der Waals surface area contributed by atoms with Crippen LogP contribution in [0.2, 0.25) is 18.1 Å². The number of aromatic hydroxyl groups is 1. The van der Waals surface area contributed by atoms with E-state index in [-0.39, 0.29) is 5.04 Å². The fraction of sp³-hybridized carbons (Fsp3) is 0.538. The van der Waals surface area contributed by atoms with Crippen LogP contribution < -0.4 is 0 Å². The van der Waals surface area contributed by atoms with Gasteiger partial charge in [-0.25, -0.2) is 0 Å². The lowest BCUT2D eigenvalue weighted by molar-refractivity contribution is 0.271. The molecule has 1 rings (SSSR count). The van der Waals surface area contributed by atoms with Gasteiger partial charge in [0.25, 0.3) is 0 Å². The minimum Gasteiger partial charge on any atom is -0.508 e. The monoisotopic (exact) mass is 238 g/mol. The Morgan fingerprint density at radius 1 is 1.19 bits per heavy atom. The number of phenolic OH excluding ortho intramolecular Hbond substituents is 1. The normalized spacial score (nSPS) is 12.8. The highest BCUT2D eigenvalue weighted by Gasteiger charge is 2.37. The van der Waals surface area contributed by atoms with E-state index < -0.39 is 8.32 Å². The molecule has 0 saturated heterocycles. The number of rotatable bonds is 3. The van der Waals surface area contributed by atoms with Crippen LogP contribution in [0.1, 0.15) is 26.3 Å². The topological polar surface area (TPSA) is 29.5 Å². The maximum absolute atomic E-state index is 9.65. The van der Waals surface area contributed by atoms with Crippen LogP contribution in [-0.2, 0) is 11.0 Å². The van der Waals surface area contributed by atoms with E-state index in [1.165, 1.54) is 0 Å². The molecule has 0 heterocycles. The zero-order valence-electron chi connectivity index (χ0n) is 10.9. The van der Waals surface area contributed by atoms with Crippen LogP contribution in [0, 0.1) is 0 Å². The van der Waals surface area contributed by atoms with Crippen molar-refractivity contribution in [2.75, 3.05) is 0 Å². The van der Waals surface area contributed by atoms with Crippen LogP contribution >= 0.6 is 0 Å². The summed E-state index contributed by atoms with van der Waals surface area (Å²) in [6.45, 7) is 11.6. The minimum atomic E-state index is -1.72. The standard InChI is InChI=1S/C13H22O2Si/c1-13(2,3)16(4,5)15-10-11-8-6-7-9-12(11)14/h6-9,14H,10H2,1-5H3. The number of para-hydroxylation sites is 1. The van der Waals surface area contributed by atoms with Gasteiger partial charge in [0.05, 0.1) is 6.61 Å². The lowest BCUT2D eigenvalue weighted by atomic mass is 10.2. The summed E-state index contributed by atoms with van der Waals surface area (Å²) in [5.41, 5.74) is 0.868. The molecule has 2 nitrogen and oxygen atoms in total. The van der Waals surface area contributed by atoms with Gasteiger partial charge in [-0.1, -0.05) is 39.0 Å². The van der Waals surface area contributed by atoms with Gasteiger partial charge in [0, 0.05) is 5.56 Å². The molecule has 0 bridgehead atoms. The van der Waals surface area contributed by atoms with Crippen molar-refractivity contribution in [2.45, 2.75) is 45.5 Å². The summed E-state index contributed by atoms with van der Waals surface area (Å²) in [4.78, 5) is 0. The van der Waals surface area contributed by atoms with Gasteiger partial charge in [-0.3, -0.25) is 0 Å². The molecule has 0 aliphatic heterocycles. The van der Waals surface area contributed by atoms with E-state index in [1.807, 2.05) is 18.2 Å². The number of benzene rings is 1. The molecule has 0 unspecified atom stereocenters. The third kappa shape index (κ3) is 3.09. The highest BCUT2D eigenvalue weighted by Crippen LogP contribution is 2.37. The summed E-state index contributed by atoms with van der Waals surface area (Å²) in [7, 11) is -1.72. The third-order valence-electron chi connectivity index (χ3n) is 3.39. The largest absolute Gasteiger partial charge is 0.508 e. The molecule has 0 aromatic heterocycles. The first-order valence-corrected chi connectivity index (χ1v) is 8.56. The van der Waals surface area contributed by atoms with Gasteiger partial charge in [-0.2, -0.15) is 0 Å². The second-order valence-electron chi connectivity index (χ2n) is 5.68. The van der Waals surface area contributed by atoms with Crippen molar-refractivity contribution in [3.8, 4) is 5.75 Å². The maximum Gasteiger partial charge on any atom is 0.192 e. The van der Waals surface area contributed by atoms with Crippen molar-refractivity contribution in [1.29, 1.82) is 0 Å². The number of phenols is 1.